The Kier molecular flexibility index (Phi) is 7.24. The molecule has 156 valence electrons. The first-order chi connectivity index (χ1) is 14.0. The van der Waals surface area contributed by atoms with Crippen molar-refractivity contribution in [2.24, 2.45) is 4.99 Å². The van der Waals surface area contributed by atoms with Gasteiger partial charge in [-0.25, -0.2) is 9.36 Å². The third-order valence-corrected chi connectivity index (χ3v) is 5.09. The van der Waals surface area contributed by atoms with Crippen LogP contribution >= 0.6 is 11.6 Å². The molecule has 1 aliphatic heterocycles. The molecular weight excluding hydrogens is 396 g/mol. The standard InChI is InChI=1S/C20H25ClN4O4/c1-2-16(22-8-3-9-24-10-12-29-13-11-24)17-18(26)23-20(28)25(19(17)27)15-6-4-14(21)5-7-15/h4-7,27H,2-3,8-13H2,1H3,(H,23,26,28). The van der Waals surface area contributed by atoms with Crippen LogP contribution in [0.1, 0.15) is 25.3 Å². The molecule has 0 radical (unpaired) electrons. The zero-order valence-corrected chi connectivity index (χ0v) is 17.1. The molecule has 1 saturated heterocycles. The molecule has 3 rings (SSSR count). The van der Waals surface area contributed by atoms with Gasteiger partial charge < -0.3 is 9.84 Å². The number of nitrogens with zero attached hydrogens (tertiary/aromatic N) is 3. The second-order valence-corrected chi connectivity index (χ2v) is 7.20. The summed E-state index contributed by atoms with van der Waals surface area (Å²) in [5.41, 5.74) is -0.480. The average Bonchev–Trinajstić information content (AvgIpc) is 2.71. The first kappa shape index (κ1) is 21.3. The van der Waals surface area contributed by atoms with Gasteiger partial charge in [-0.2, -0.15) is 0 Å². The summed E-state index contributed by atoms with van der Waals surface area (Å²) in [6.07, 6.45) is 1.28. The van der Waals surface area contributed by atoms with Crippen LogP contribution in [0, 0.1) is 0 Å². The number of benzene rings is 1. The van der Waals surface area contributed by atoms with Crippen LogP contribution in [-0.4, -0.2) is 64.7 Å². The Morgan fingerprint density at radius 2 is 1.93 bits per heavy atom. The van der Waals surface area contributed by atoms with Gasteiger partial charge in [0, 0.05) is 31.2 Å². The van der Waals surface area contributed by atoms with Gasteiger partial charge in [-0.15, -0.1) is 0 Å². The summed E-state index contributed by atoms with van der Waals surface area (Å²) in [6, 6.07) is 6.40. The van der Waals surface area contributed by atoms with Crippen molar-refractivity contribution in [1.29, 1.82) is 0 Å². The van der Waals surface area contributed by atoms with E-state index in [1.807, 2.05) is 6.92 Å². The van der Waals surface area contributed by atoms with E-state index < -0.39 is 17.1 Å². The average molecular weight is 421 g/mol. The van der Waals surface area contributed by atoms with Crippen LogP contribution in [0.2, 0.25) is 5.02 Å². The Bertz CT molecular complexity index is 975. The van der Waals surface area contributed by atoms with E-state index in [4.69, 9.17) is 16.3 Å². The summed E-state index contributed by atoms with van der Waals surface area (Å²) in [5, 5.41) is 11.2. The fraction of sp³-hybridized carbons (Fsp3) is 0.450. The predicted octanol–water partition coefficient (Wildman–Crippen LogP) is 1.81. The van der Waals surface area contributed by atoms with Crippen molar-refractivity contribution in [2.75, 3.05) is 39.4 Å². The van der Waals surface area contributed by atoms with Crippen molar-refractivity contribution in [3.63, 3.8) is 0 Å². The molecule has 1 aromatic carbocycles. The smallest absolute Gasteiger partial charge is 0.335 e. The molecule has 1 aromatic heterocycles. The number of nitrogens with one attached hydrogen (secondary N) is 1. The SMILES string of the molecule is CCC(=NCCCN1CCOCC1)c1c(O)n(-c2ccc(Cl)cc2)c(=O)[nH]c1=O. The summed E-state index contributed by atoms with van der Waals surface area (Å²) >= 11 is 5.90. The molecule has 1 fully saturated rings. The van der Waals surface area contributed by atoms with E-state index >= 15 is 0 Å². The van der Waals surface area contributed by atoms with Crippen molar-refractivity contribution >= 4 is 17.3 Å². The van der Waals surface area contributed by atoms with Crippen LogP contribution in [0.25, 0.3) is 5.69 Å². The Morgan fingerprint density at radius 3 is 2.59 bits per heavy atom. The molecule has 0 atom stereocenters. The normalized spacial score (nSPS) is 15.6. The summed E-state index contributed by atoms with van der Waals surface area (Å²) in [7, 11) is 0. The van der Waals surface area contributed by atoms with Gasteiger partial charge in [0.15, 0.2) is 0 Å². The first-order valence-corrected chi connectivity index (χ1v) is 10.1. The maximum Gasteiger partial charge on any atom is 0.335 e. The molecule has 0 aliphatic carbocycles. The second-order valence-electron chi connectivity index (χ2n) is 6.76. The van der Waals surface area contributed by atoms with E-state index in [-0.39, 0.29) is 5.56 Å². The summed E-state index contributed by atoms with van der Waals surface area (Å²) in [5.74, 6) is -0.421. The summed E-state index contributed by atoms with van der Waals surface area (Å²) < 4.78 is 6.39. The maximum atomic E-state index is 12.4. The number of aromatic amines is 1. The monoisotopic (exact) mass is 420 g/mol. The topological polar surface area (TPSA) is 99.9 Å². The highest BCUT2D eigenvalue weighted by atomic mass is 35.5. The molecular formula is C20H25ClN4O4. The number of hydrogen-bond acceptors (Lipinski definition) is 6. The Labute approximate surface area is 173 Å². The third kappa shape index (κ3) is 5.14. The number of morpholine rings is 1. The van der Waals surface area contributed by atoms with E-state index in [9.17, 15) is 14.7 Å². The molecule has 0 spiro atoms. The molecule has 2 N–H and O–H groups in total. The zero-order chi connectivity index (χ0) is 20.8. The summed E-state index contributed by atoms with van der Waals surface area (Å²) in [6.45, 7) is 6.61. The number of ether oxygens (including phenoxy) is 1. The number of aromatic hydroxyl groups is 1. The molecule has 2 aromatic rings. The van der Waals surface area contributed by atoms with Crippen LogP contribution in [0.15, 0.2) is 38.8 Å². The van der Waals surface area contributed by atoms with Gasteiger partial charge in [0.2, 0.25) is 5.88 Å². The van der Waals surface area contributed by atoms with E-state index in [1.165, 1.54) is 0 Å². The number of halogens is 1. The van der Waals surface area contributed by atoms with Crippen molar-refractivity contribution < 1.29 is 9.84 Å². The molecule has 9 heteroatoms. The first-order valence-electron chi connectivity index (χ1n) is 9.69. The molecule has 0 bridgehead atoms. The van der Waals surface area contributed by atoms with E-state index in [2.05, 4.69) is 14.9 Å². The van der Waals surface area contributed by atoms with Crippen LogP contribution in [0.4, 0.5) is 0 Å². The van der Waals surface area contributed by atoms with Crippen molar-refractivity contribution in [1.82, 2.24) is 14.5 Å². The predicted molar refractivity (Wildman–Crippen MR) is 113 cm³/mol. The van der Waals surface area contributed by atoms with E-state index in [0.29, 0.717) is 29.4 Å². The van der Waals surface area contributed by atoms with Gasteiger partial charge in [0.05, 0.1) is 24.6 Å². The maximum absolute atomic E-state index is 12.4. The summed E-state index contributed by atoms with van der Waals surface area (Å²) in [4.78, 5) is 33.9. The van der Waals surface area contributed by atoms with E-state index in [1.54, 1.807) is 24.3 Å². The molecule has 0 saturated carbocycles. The van der Waals surface area contributed by atoms with E-state index in [0.717, 1.165) is 43.8 Å². The highest BCUT2D eigenvalue weighted by Crippen LogP contribution is 2.20. The lowest BCUT2D eigenvalue weighted by Gasteiger charge is -2.26. The quantitative estimate of drug-likeness (QED) is 0.525. The molecule has 29 heavy (non-hydrogen) atoms. The lowest BCUT2D eigenvalue weighted by atomic mass is 10.1. The zero-order valence-electron chi connectivity index (χ0n) is 16.4. The van der Waals surface area contributed by atoms with Crippen molar-refractivity contribution in [3.8, 4) is 11.6 Å². The molecule has 0 unspecified atom stereocenters. The van der Waals surface area contributed by atoms with Crippen LogP contribution < -0.4 is 11.2 Å². The van der Waals surface area contributed by atoms with Gasteiger partial charge >= 0.3 is 5.69 Å². The minimum Gasteiger partial charge on any atom is -0.493 e. The highest BCUT2D eigenvalue weighted by molar-refractivity contribution is 6.30. The largest absolute Gasteiger partial charge is 0.493 e. The molecule has 0 amide bonds. The number of rotatable bonds is 7. The number of hydrogen-bond donors (Lipinski definition) is 2. The van der Waals surface area contributed by atoms with Gasteiger partial charge in [-0.3, -0.25) is 19.7 Å². The van der Waals surface area contributed by atoms with Crippen molar-refractivity contribution in [2.45, 2.75) is 19.8 Å². The van der Waals surface area contributed by atoms with Crippen LogP contribution in [0.5, 0.6) is 5.88 Å². The number of H-pyrrole nitrogens is 1. The lowest BCUT2D eigenvalue weighted by Crippen LogP contribution is -2.37. The number of aromatic nitrogens is 2. The van der Waals surface area contributed by atoms with Crippen LogP contribution in [-0.2, 0) is 4.74 Å². The van der Waals surface area contributed by atoms with Gasteiger partial charge in [0.1, 0.15) is 5.56 Å². The van der Waals surface area contributed by atoms with Gasteiger partial charge in [-0.05, 0) is 37.1 Å². The Balaban J connectivity index is 1.85. The minimum atomic E-state index is -0.721. The number of aliphatic imine (C=N–C) groups is 1. The molecule has 1 aliphatic rings. The second kappa shape index (κ2) is 9.87. The van der Waals surface area contributed by atoms with Crippen LogP contribution in [0.3, 0.4) is 0 Å². The molecule has 2 heterocycles. The fourth-order valence-electron chi connectivity index (χ4n) is 3.32. The molecule has 8 nitrogen and oxygen atoms in total. The van der Waals surface area contributed by atoms with Crippen molar-refractivity contribution in [3.05, 3.63) is 55.7 Å². The fourth-order valence-corrected chi connectivity index (χ4v) is 3.44. The lowest BCUT2D eigenvalue weighted by molar-refractivity contribution is 0.0377. The highest BCUT2D eigenvalue weighted by Gasteiger charge is 2.19. The van der Waals surface area contributed by atoms with Gasteiger partial charge in [-0.1, -0.05) is 18.5 Å². The third-order valence-electron chi connectivity index (χ3n) is 4.83. The Morgan fingerprint density at radius 1 is 1.24 bits per heavy atom. The minimum absolute atomic E-state index is 0.0217. The Hall–Kier alpha value is -2.42. The van der Waals surface area contributed by atoms with Gasteiger partial charge in [0.25, 0.3) is 5.56 Å².